The van der Waals surface area contributed by atoms with Gasteiger partial charge in [-0.15, -0.1) is 0 Å². The van der Waals surface area contributed by atoms with Gasteiger partial charge in [-0.3, -0.25) is 4.79 Å². The predicted molar refractivity (Wildman–Crippen MR) is 81.3 cm³/mol. The van der Waals surface area contributed by atoms with Crippen molar-refractivity contribution in [3.05, 3.63) is 39.4 Å². The van der Waals surface area contributed by atoms with E-state index in [0.717, 1.165) is 19.2 Å². The summed E-state index contributed by atoms with van der Waals surface area (Å²) in [6.07, 6.45) is 0. The van der Waals surface area contributed by atoms with Gasteiger partial charge in [-0.2, -0.15) is 0 Å². The summed E-state index contributed by atoms with van der Waals surface area (Å²) >= 11 is 0. The number of anilines is 1. The average Bonchev–Trinajstić information content (AvgIpc) is 2.48. The molecule has 6 nitrogen and oxygen atoms in total. The van der Waals surface area contributed by atoms with Crippen molar-refractivity contribution in [3.8, 4) is 0 Å². The lowest BCUT2D eigenvalue weighted by Gasteiger charge is -2.29. The molecule has 0 bridgehead atoms. The number of hydrogen-bond donors (Lipinski definition) is 3. The fraction of sp³-hybridized carbons (Fsp3) is 0.333. The minimum absolute atomic E-state index is 0.0550. The number of fused-ring (bicyclic) bond motifs is 1. The number of carboxylic acids is 1. The molecule has 116 valence electrons. The molecule has 22 heavy (non-hydrogen) atoms. The quantitative estimate of drug-likeness (QED) is 0.773. The second-order valence-electron chi connectivity index (χ2n) is 5.35. The molecule has 2 aromatic rings. The van der Waals surface area contributed by atoms with E-state index in [-0.39, 0.29) is 16.6 Å². The van der Waals surface area contributed by atoms with Gasteiger partial charge in [0.1, 0.15) is 11.4 Å². The van der Waals surface area contributed by atoms with E-state index in [2.05, 4.69) is 10.3 Å². The topological polar surface area (TPSA) is 85.4 Å². The molecule has 0 radical (unpaired) electrons. The van der Waals surface area contributed by atoms with Gasteiger partial charge in [0.15, 0.2) is 0 Å². The molecule has 0 unspecified atom stereocenters. The lowest BCUT2D eigenvalue weighted by molar-refractivity contribution is 0.0694. The van der Waals surface area contributed by atoms with E-state index in [1.165, 1.54) is 6.92 Å². The van der Waals surface area contributed by atoms with Crippen LogP contribution in [0, 0.1) is 12.7 Å². The van der Waals surface area contributed by atoms with Gasteiger partial charge >= 0.3 is 5.97 Å². The van der Waals surface area contributed by atoms with Crippen molar-refractivity contribution in [2.45, 2.75) is 6.92 Å². The van der Waals surface area contributed by atoms with E-state index in [1.807, 2.05) is 4.90 Å². The molecule has 0 saturated carbocycles. The molecule has 1 aliphatic heterocycles. The molecule has 1 aromatic heterocycles. The van der Waals surface area contributed by atoms with Crippen molar-refractivity contribution in [2.75, 3.05) is 31.1 Å². The summed E-state index contributed by atoms with van der Waals surface area (Å²) in [4.78, 5) is 28.2. The number of H-pyrrole nitrogens is 1. The summed E-state index contributed by atoms with van der Waals surface area (Å²) in [7, 11) is 0. The Kier molecular flexibility index (Phi) is 3.58. The molecule has 1 aromatic carbocycles. The standard InChI is InChI=1S/C15H16FN3O3/c1-8-13(15(21)22)14(20)9-6-10(16)12(7-11(9)18-8)19-4-2-17-3-5-19/h6-7,17H,2-5H2,1H3,(H,18,20)(H,21,22). The number of halogens is 1. The van der Waals surface area contributed by atoms with E-state index >= 15 is 0 Å². The van der Waals surface area contributed by atoms with Gasteiger partial charge in [0.25, 0.3) is 0 Å². The van der Waals surface area contributed by atoms with Crippen LogP contribution in [0.25, 0.3) is 10.9 Å². The maximum absolute atomic E-state index is 14.4. The van der Waals surface area contributed by atoms with E-state index in [9.17, 15) is 14.0 Å². The van der Waals surface area contributed by atoms with Crippen LogP contribution in [0.4, 0.5) is 10.1 Å². The number of hydrogen-bond acceptors (Lipinski definition) is 4. The zero-order valence-corrected chi connectivity index (χ0v) is 12.1. The first kappa shape index (κ1) is 14.5. The van der Waals surface area contributed by atoms with Crippen LogP contribution in [-0.4, -0.2) is 42.2 Å². The molecule has 3 N–H and O–H groups in total. The Labute approximate surface area is 125 Å². The Balaban J connectivity index is 2.20. The minimum Gasteiger partial charge on any atom is -0.477 e. The third-order valence-corrected chi connectivity index (χ3v) is 3.93. The highest BCUT2D eigenvalue weighted by Gasteiger charge is 2.20. The number of piperazine rings is 1. The van der Waals surface area contributed by atoms with E-state index in [4.69, 9.17) is 5.11 Å². The predicted octanol–water partition coefficient (Wildman–Crippen LogP) is 1.08. The zero-order chi connectivity index (χ0) is 15.9. The summed E-state index contributed by atoms with van der Waals surface area (Å²) < 4.78 is 14.4. The van der Waals surface area contributed by atoms with Crippen LogP contribution in [0.3, 0.4) is 0 Å². The highest BCUT2D eigenvalue weighted by Crippen LogP contribution is 2.24. The van der Waals surface area contributed by atoms with Gasteiger partial charge < -0.3 is 20.3 Å². The van der Waals surface area contributed by atoms with Gasteiger partial charge in [-0.1, -0.05) is 0 Å². The highest BCUT2D eigenvalue weighted by atomic mass is 19.1. The Hall–Kier alpha value is -2.41. The first-order valence-electron chi connectivity index (χ1n) is 7.04. The molecule has 0 atom stereocenters. The van der Waals surface area contributed by atoms with Crippen LogP contribution in [0.15, 0.2) is 16.9 Å². The third-order valence-electron chi connectivity index (χ3n) is 3.93. The number of aromatic carboxylic acids is 1. The first-order chi connectivity index (χ1) is 10.5. The maximum Gasteiger partial charge on any atom is 0.341 e. The van der Waals surface area contributed by atoms with Crippen LogP contribution in [0.1, 0.15) is 16.1 Å². The Morgan fingerprint density at radius 2 is 2.00 bits per heavy atom. The van der Waals surface area contributed by atoms with Gasteiger partial charge in [0.2, 0.25) is 5.43 Å². The Bertz CT molecular complexity index is 810. The largest absolute Gasteiger partial charge is 0.477 e. The summed E-state index contributed by atoms with van der Waals surface area (Å²) in [6, 6.07) is 2.70. The monoisotopic (exact) mass is 305 g/mol. The lowest BCUT2D eigenvalue weighted by Crippen LogP contribution is -2.43. The molecule has 2 heterocycles. The van der Waals surface area contributed by atoms with Crippen LogP contribution in [0.2, 0.25) is 0 Å². The van der Waals surface area contributed by atoms with E-state index < -0.39 is 17.2 Å². The van der Waals surface area contributed by atoms with Crippen molar-refractivity contribution < 1.29 is 14.3 Å². The van der Waals surface area contributed by atoms with Crippen molar-refractivity contribution in [1.82, 2.24) is 10.3 Å². The molecular weight excluding hydrogens is 289 g/mol. The number of rotatable bonds is 2. The molecule has 1 aliphatic rings. The molecule has 1 saturated heterocycles. The number of aromatic nitrogens is 1. The summed E-state index contributed by atoms with van der Waals surface area (Å²) in [5, 5.41) is 12.4. The van der Waals surface area contributed by atoms with Gasteiger partial charge in [-0.05, 0) is 19.1 Å². The molecule has 0 amide bonds. The summed E-state index contributed by atoms with van der Waals surface area (Å²) in [5.41, 5.74) is 0.128. The van der Waals surface area contributed by atoms with Crippen molar-refractivity contribution in [1.29, 1.82) is 0 Å². The zero-order valence-electron chi connectivity index (χ0n) is 12.1. The first-order valence-corrected chi connectivity index (χ1v) is 7.04. The molecular formula is C15H16FN3O3. The second kappa shape index (κ2) is 5.42. The highest BCUT2D eigenvalue weighted by molar-refractivity contribution is 5.94. The normalized spacial score (nSPS) is 15.3. The fourth-order valence-electron chi connectivity index (χ4n) is 2.83. The van der Waals surface area contributed by atoms with Crippen molar-refractivity contribution in [3.63, 3.8) is 0 Å². The number of nitrogens with zero attached hydrogens (tertiary/aromatic N) is 1. The van der Waals surface area contributed by atoms with Crippen molar-refractivity contribution in [2.24, 2.45) is 0 Å². The number of aromatic amines is 1. The molecule has 0 spiro atoms. The smallest absolute Gasteiger partial charge is 0.341 e. The number of pyridine rings is 1. The number of benzene rings is 1. The lowest BCUT2D eigenvalue weighted by atomic mass is 10.1. The van der Waals surface area contributed by atoms with Crippen LogP contribution >= 0.6 is 0 Å². The van der Waals surface area contributed by atoms with Crippen molar-refractivity contribution >= 4 is 22.6 Å². The van der Waals surface area contributed by atoms with Crippen LogP contribution in [-0.2, 0) is 0 Å². The fourth-order valence-corrected chi connectivity index (χ4v) is 2.83. The number of carboxylic acid groups (broad SMARTS) is 1. The Morgan fingerprint density at radius 3 is 2.64 bits per heavy atom. The summed E-state index contributed by atoms with van der Waals surface area (Å²) in [5.74, 6) is -1.83. The van der Waals surface area contributed by atoms with Crippen LogP contribution in [0.5, 0.6) is 0 Å². The number of carbonyl (C=O) groups is 1. The van der Waals surface area contributed by atoms with Gasteiger partial charge in [0.05, 0.1) is 11.2 Å². The Morgan fingerprint density at radius 1 is 1.32 bits per heavy atom. The second-order valence-corrected chi connectivity index (χ2v) is 5.35. The minimum atomic E-state index is -1.31. The maximum atomic E-state index is 14.4. The summed E-state index contributed by atoms with van der Waals surface area (Å²) in [6.45, 7) is 4.42. The molecule has 1 fully saturated rings. The van der Waals surface area contributed by atoms with E-state index in [1.54, 1.807) is 6.07 Å². The average molecular weight is 305 g/mol. The number of nitrogens with one attached hydrogen (secondary N) is 2. The van der Waals surface area contributed by atoms with E-state index in [0.29, 0.717) is 24.3 Å². The molecule has 7 heteroatoms. The SMILES string of the molecule is Cc1[nH]c2cc(N3CCNCC3)c(F)cc2c(=O)c1C(=O)O. The van der Waals surface area contributed by atoms with Gasteiger partial charge in [0, 0.05) is 37.3 Å². The number of aryl methyl sites for hydroxylation is 1. The molecule has 0 aliphatic carbocycles. The van der Waals surface area contributed by atoms with Crippen LogP contribution < -0.4 is 15.6 Å². The molecule has 3 rings (SSSR count). The van der Waals surface area contributed by atoms with Gasteiger partial charge in [-0.25, -0.2) is 9.18 Å². The third kappa shape index (κ3) is 2.33.